The summed E-state index contributed by atoms with van der Waals surface area (Å²) in [6.07, 6.45) is 0. The van der Waals surface area contributed by atoms with Crippen LogP contribution in [0.2, 0.25) is 0 Å². The van der Waals surface area contributed by atoms with Crippen molar-refractivity contribution in [1.82, 2.24) is 10.2 Å². The molecule has 0 aliphatic carbocycles. The van der Waals surface area contributed by atoms with Gasteiger partial charge >= 0.3 is 0 Å². The topological polar surface area (TPSA) is 15.3 Å². The molecule has 0 saturated heterocycles. The van der Waals surface area contributed by atoms with Crippen LogP contribution in [-0.4, -0.2) is 43.0 Å². The molecule has 0 bridgehead atoms. The van der Waals surface area contributed by atoms with Gasteiger partial charge in [-0.05, 0) is 20.0 Å². The number of rotatable bonds is 7. The summed E-state index contributed by atoms with van der Waals surface area (Å²) >= 11 is 5.78. The van der Waals surface area contributed by atoms with Gasteiger partial charge in [0.2, 0.25) is 0 Å². The molecule has 1 unspecified atom stereocenters. The molecule has 0 amide bonds. The number of hydrogen-bond acceptors (Lipinski definition) is 2. The standard InChI is InChI=1S/C9H21ClN2/c1-4-12(5-2)7-6-11-8-9(3)10/h9,11H,4-8H2,1-3H3. The first kappa shape index (κ1) is 12.2. The molecule has 0 aliphatic heterocycles. The van der Waals surface area contributed by atoms with Gasteiger partial charge in [-0.2, -0.15) is 0 Å². The van der Waals surface area contributed by atoms with E-state index < -0.39 is 0 Å². The molecule has 0 aliphatic rings. The molecule has 0 aromatic rings. The number of nitrogens with zero attached hydrogens (tertiary/aromatic N) is 1. The maximum atomic E-state index is 5.78. The Hall–Kier alpha value is 0.210. The van der Waals surface area contributed by atoms with Gasteiger partial charge < -0.3 is 10.2 Å². The summed E-state index contributed by atoms with van der Waals surface area (Å²) in [5.41, 5.74) is 0. The van der Waals surface area contributed by atoms with E-state index in [0.29, 0.717) is 0 Å². The molecule has 74 valence electrons. The highest BCUT2D eigenvalue weighted by Gasteiger charge is 1.98. The molecule has 0 aromatic carbocycles. The van der Waals surface area contributed by atoms with E-state index in [0.717, 1.165) is 32.7 Å². The van der Waals surface area contributed by atoms with Crippen LogP contribution in [0.5, 0.6) is 0 Å². The average Bonchev–Trinajstić information content (AvgIpc) is 2.04. The summed E-state index contributed by atoms with van der Waals surface area (Å²) in [5, 5.41) is 3.55. The van der Waals surface area contributed by atoms with E-state index in [2.05, 4.69) is 24.1 Å². The van der Waals surface area contributed by atoms with Crippen molar-refractivity contribution in [3.8, 4) is 0 Å². The van der Waals surface area contributed by atoms with Crippen molar-refractivity contribution < 1.29 is 0 Å². The SMILES string of the molecule is CCN(CC)CCNCC(C)Cl. The summed E-state index contributed by atoms with van der Waals surface area (Å²) in [5.74, 6) is 0. The predicted molar refractivity (Wildman–Crippen MR) is 56.0 cm³/mol. The Balaban J connectivity index is 3.17. The Morgan fingerprint density at radius 2 is 1.92 bits per heavy atom. The molecule has 0 spiro atoms. The van der Waals surface area contributed by atoms with Gasteiger partial charge in [-0.15, -0.1) is 11.6 Å². The van der Waals surface area contributed by atoms with Crippen molar-refractivity contribution in [1.29, 1.82) is 0 Å². The van der Waals surface area contributed by atoms with Crippen molar-refractivity contribution in [2.24, 2.45) is 0 Å². The van der Waals surface area contributed by atoms with Gasteiger partial charge in [-0.1, -0.05) is 13.8 Å². The van der Waals surface area contributed by atoms with E-state index in [9.17, 15) is 0 Å². The minimum Gasteiger partial charge on any atom is -0.314 e. The lowest BCUT2D eigenvalue weighted by Crippen LogP contribution is -2.33. The highest BCUT2D eigenvalue weighted by molar-refractivity contribution is 6.20. The number of hydrogen-bond donors (Lipinski definition) is 1. The fourth-order valence-corrected chi connectivity index (χ4v) is 1.19. The lowest BCUT2D eigenvalue weighted by atomic mass is 10.4. The van der Waals surface area contributed by atoms with Crippen LogP contribution in [0.1, 0.15) is 20.8 Å². The van der Waals surface area contributed by atoms with Crippen LogP contribution >= 0.6 is 11.6 Å². The van der Waals surface area contributed by atoms with Gasteiger partial charge in [0.25, 0.3) is 0 Å². The summed E-state index contributed by atoms with van der Waals surface area (Å²) in [6.45, 7) is 11.7. The van der Waals surface area contributed by atoms with E-state index in [-0.39, 0.29) is 5.38 Å². The monoisotopic (exact) mass is 192 g/mol. The molecule has 2 nitrogen and oxygen atoms in total. The maximum Gasteiger partial charge on any atom is 0.0432 e. The second-order valence-corrected chi connectivity index (χ2v) is 3.76. The minimum absolute atomic E-state index is 0.238. The lowest BCUT2D eigenvalue weighted by Gasteiger charge is -2.18. The third-order valence-corrected chi connectivity index (χ3v) is 2.08. The fraction of sp³-hybridized carbons (Fsp3) is 1.00. The summed E-state index contributed by atoms with van der Waals surface area (Å²) in [4.78, 5) is 2.39. The lowest BCUT2D eigenvalue weighted by molar-refractivity contribution is 0.303. The van der Waals surface area contributed by atoms with Crippen molar-refractivity contribution in [2.75, 3.05) is 32.7 Å². The Morgan fingerprint density at radius 3 is 2.33 bits per heavy atom. The first-order valence-electron chi connectivity index (χ1n) is 4.77. The first-order chi connectivity index (χ1) is 5.70. The molecule has 1 N–H and O–H groups in total. The van der Waals surface area contributed by atoms with E-state index in [1.807, 2.05) is 6.92 Å². The summed E-state index contributed by atoms with van der Waals surface area (Å²) in [7, 11) is 0. The Kier molecular flexibility index (Phi) is 7.98. The van der Waals surface area contributed by atoms with Gasteiger partial charge in [-0.3, -0.25) is 0 Å². The van der Waals surface area contributed by atoms with Crippen LogP contribution in [0.15, 0.2) is 0 Å². The van der Waals surface area contributed by atoms with Crippen molar-refractivity contribution in [3.63, 3.8) is 0 Å². The molecule has 0 saturated carbocycles. The largest absolute Gasteiger partial charge is 0.314 e. The number of halogens is 1. The molecular formula is C9H21ClN2. The third kappa shape index (κ3) is 6.89. The molecular weight excluding hydrogens is 172 g/mol. The molecule has 0 heterocycles. The highest BCUT2D eigenvalue weighted by atomic mass is 35.5. The second-order valence-electron chi connectivity index (χ2n) is 3.01. The minimum atomic E-state index is 0.238. The molecule has 1 atom stereocenters. The van der Waals surface area contributed by atoms with Crippen LogP contribution in [0.4, 0.5) is 0 Å². The molecule has 12 heavy (non-hydrogen) atoms. The van der Waals surface area contributed by atoms with Crippen LogP contribution < -0.4 is 5.32 Å². The van der Waals surface area contributed by atoms with E-state index >= 15 is 0 Å². The van der Waals surface area contributed by atoms with E-state index in [1.54, 1.807) is 0 Å². The van der Waals surface area contributed by atoms with Crippen LogP contribution in [0, 0.1) is 0 Å². The van der Waals surface area contributed by atoms with Gasteiger partial charge in [0, 0.05) is 25.0 Å². The van der Waals surface area contributed by atoms with Gasteiger partial charge in [0.05, 0.1) is 0 Å². The van der Waals surface area contributed by atoms with Gasteiger partial charge in [0.1, 0.15) is 0 Å². The third-order valence-electron chi connectivity index (χ3n) is 1.92. The zero-order valence-corrected chi connectivity index (χ0v) is 9.19. The Morgan fingerprint density at radius 1 is 1.33 bits per heavy atom. The van der Waals surface area contributed by atoms with Gasteiger partial charge in [-0.25, -0.2) is 0 Å². The zero-order valence-electron chi connectivity index (χ0n) is 8.44. The molecule has 0 fully saturated rings. The predicted octanol–water partition coefficient (Wildman–Crippen LogP) is 1.55. The number of likely N-dealkylation sites (N-methyl/N-ethyl adjacent to an activating group) is 1. The van der Waals surface area contributed by atoms with Crippen LogP contribution in [0.3, 0.4) is 0 Å². The zero-order chi connectivity index (χ0) is 9.40. The van der Waals surface area contributed by atoms with Crippen molar-refractivity contribution >= 4 is 11.6 Å². The molecule has 0 radical (unpaired) electrons. The second kappa shape index (κ2) is 7.84. The highest BCUT2D eigenvalue weighted by Crippen LogP contribution is 1.89. The quantitative estimate of drug-likeness (QED) is 0.487. The van der Waals surface area contributed by atoms with Crippen LogP contribution in [0.25, 0.3) is 0 Å². The fourth-order valence-electron chi connectivity index (χ4n) is 1.08. The smallest absolute Gasteiger partial charge is 0.0432 e. The van der Waals surface area contributed by atoms with Crippen molar-refractivity contribution in [3.05, 3.63) is 0 Å². The van der Waals surface area contributed by atoms with Crippen LogP contribution in [-0.2, 0) is 0 Å². The molecule has 0 rings (SSSR count). The first-order valence-corrected chi connectivity index (χ1v) is 5.21. The summed E-state index contributed by atoms with van der Waals surface area (Å²) < 4.78 is 0. The maximum absolute atomic E-state index is 5.78. The van der Waals surface area contributed by atoms with Crippen molar-refractivity contribution in [2.45, 2.75) is 26.1 Å². The average molecular weight is 193 g/mol. The van der Waals surface area contributed by atoms with Gasteiger partial charge in [0.15, 0.2) is 0 Å². The molecule has 3 heteroatoms. The van der Waals surface area contributed by atoms with E-state index in [4.69, 9.17) is 11.6 Å². The summed E-state index contributed by atoms with van der Waals surface area (Å²) in [6, 6.07) is 0. The number of nitrogens with one attached hydrogen (secondary N) is 1. The normalized spacial score (nSPS) is 13.8. The molecule has 0 aromatic heterocycles. The Bertz CT molecular complexity index is 92.5. The number of alkyl halides is 1. The van der Waals surface area contributed by atoms with E-state index in [1.165, 1.54) is 0 Å². The Labute approximate surface area is 81.3 Å².